The van der Waals surface area contributed by atoms with Crippen molar-refractivity contribution >= 4 is 65.5 Å². The molecule has 5 aromatic heterocycles. The fourth-order valence-corrected chi connectivity index (χ4v) is 7.84. The SMILES string of the molecule is Cc1ccccc1-c1cn2c3ccccc3c3ccc(Oc4ccc5c6cccc7c8c(C(C)(C)C)ccnc8n(c5c4)c67)cc3c2n1. The van der Waals surface area contributed by atoms with Gasteiger partial charge in [0.15, 0.2) is 0 Å². The van der Waals surface area contributed by atoms with Crippen molar-refractivity contribution in [2.45, 2.75) is 33.1 Å². The van der Waals surface area contributed by atoms with Gasteiger partial charge in [-0.3, -0.25) is 8.80 Å². The second-order valence-electron chi connectivity index (χ2n) is 14.0. The number of hydrogen-bond donors (Lipinski definition) is 0. The molecule has 0 aliphatic rings. The Balaban J connectivity index is 1.16. The summed E-state index contributed by atoms with van der Waals surface area (Å²) in [4.78, 5) is 10.1. The van der Waals surface area contributed by atoms with Crippen molar-refractivity contribution in [3.05, 3.63) is 133 Å². The molecular formula is C43H32N4O. The van der Waals surface area contributed by atoms with Crippen molar-refractivity contribution in [3.8, 4) is 22.8 Å². The Morgan fingerprint density at radius 1 is 0.625 bits per heavy atom. The van der Waals surface area contributed by atoms with Gasteiger partial charge in [0.25, 0.3) is 0 Å². The molecule has 0 atom stereocenters. The highest BCUT2D eigenvalue weighted by Gasteiger charge is 2.25. The molecule has 0 saturated carbocycles. The van der Waals surface area contributed by atoms with Crippen molar-refractivity contribution in [1.82, 2.24) is 18.8 Å². The van der Waals surface area contributed by atoms with Gasteiger partial charge in [-0.25, -0.2) is 9.97 Å². The first kappa shape index (κ1) is 27.2. The van der Waals surface area contributed by atoms with Crippen LogP contribution in [0.25, 0.3) is 76.8 Å². The van der Waals surface area contributed by atoms with E-state index in [4.69, 9.17) is 14.7 Å². The third kappa shape index (κ3) is 3.73. The molecule has 0 amide bonds. The van der Waals surface area contributed by atoms with E-state index in [9.17, 15) is 0 Å². The van der Waals surface area contributed by atoms with Crippen LogP contribution in [0, 0.1) is 6.92 Å². The summed E-state index contributed by atoms with van der Waals surface area (Å²) in [6.45, 7) is 8.95. The summed E-state index contributed by atoms with van der Waals surface area (Å²) in [5.74, 6) is 1.55. The lowest BCUT2D eigenvalue weighted by molar-refractivity contribution is 0.484. The zero-order valence-corrected chi connectivity index (χ0v) is 27.2. The summed E-state index contributed by atoms with van der Waals surface area (Å²) in [6.07, 6.45) is 4.11. The van der Waals surface area contributed by atoms with E-state index >= 15 is 0 Å². The average Bonchev–Trinajstić information content (AvgIpc) is 3.78. The van der Waals surface area contributed by atoms with E-state index in [1.165, 1.54) is 43.6 Å². The van der Waals surface area contributed by atoms with E-state index in [2.05, 4.69) is 152 Å². The normalized spacial score (nSPS) is 12.6. The molecule has 0 radical (unpaired) electrons. The number of aromatic nitrogens is 4. The van der Waals surface area contributed by atoms with Crippen LogP contribution in [0.2, 0.25) is 0 Å². The van der Waals surface area contributed by atoms with Crippen molar-refractivity contribution < 1.29 is 4.74 Å². The first-order valence-corrected chi connectivity index (χ1v) is 16.5. The number of rotatable bonds is 3. The molecule has 5 heteroatoms. The number of benzene rings is 5. The van der Waals surface area contributed by atoms with Gasteiger partial charge < -0.3 is 4.74 Å². The zero-order valence-electron chi connectivity index (χ0n) is 27.2. The van der Waals surface area contributed by atoms with E-state index in [0.29, 0.717) is 0 Å². The quantitative estimate of drug-likeness (QED) is 0.185. The maximum Gasteiger partial charge on any atom is 0.146 e. The van der Waals surface area contributed by atoms with Gasteiger partial charge in [-0.2, -0.15) is 0 Å². The third-order valence-electron chi connectivity index (χ3n) is 10.0. The summed E-state index contributed by atoms with van der Waals surface area (Å²) in [5.41, 5.74) is 9.95. The Kier molecular flexibility index (Phi) is 5.41. The highest BCUT2D eigenvalue weighted by Crippen LogP contribution is 2.43. The lowest BCUT2D eigenvalue weighted by Gasteiger charge is -2.20. The Labute approximate surface area is 277 Å². The molecule has 0 fully saturated rings. The molecule has 0 bridgehead atoms. The van der Waals surface area contributed by atoms with Crippen molar-refractivity contribution in [2.75, 3.05) is 0 Å². The van der Waals surface area contributed by atoms with Gasteiger partial charge in [0, 0.05) is 56.3 Å². The molecule has 230 valence electrons. The maximum atomic E-state index is 6.67. The van der Waals surface area contributed by atoms with Gasteiger partial charge in [0.05, 0.1) is 22.2 Å². The second kappa shape index (κ2) is 9.55. The van der Waals surface area contributed by atoms with Crippen LogP contribution in [0.15, 0.2) is 122 Å². The van der Waals surface area contributed by atoms with Gasteiger partial charge in [-0.05, 0) is 71.3 Å². The van der Waals surface area contributed by atoms with Crippen LogP contribution in [0.1, 0.15) is 31.9 Å². The topological polar surface area (TPSA) is 43.8 Å². The minimum absolute atomic E-state index is 0.00827. The highest BCUT2D eigenvalue weighted by atomic mass is 16.5. The minimum atomic E-state index is -0.00827. The molecule has 0 N–H and O–H groups in total. The summed E-state index contributed by atoms with van der Waals surface area (Å²) in [6, 6.07) is 38.5. The lowest BCUT2D eigenvalue weighted by Crippen LogP contribution is -2.11. The van der Waals surface area contributed by atoms with E-state index < -0.39 is 0 Å². The molecule has 10 aromatic rings. The fraction of sp³-hybridized carbons (Fsp3) is 0.116. The summed E-state index contributed by atoms with van der Waals surface area (Å²) in [5, 5.41) is 8.29. The van der Waals surface area contributed by atoms with Crippen LogP contribution >= 0.6 is 0 Å². The molecule has 10 rings (SSSR count). The number of pyridine rings is 2. The van der Waals surface area contributed by atoms with E-state index in [1.807, 2.05) is 6.20 Å². The van der Waals surface area contributed by atoms with Gasteiger partial charge in [-0.1, -0.05) is 81.4 Å². The number of hydrogen-bond acceptors (Lipinski definition) is 3. The Bertz CT molecular complexity index is 2920. The van der Waals surface area contributed by atoms with Crippen LogP contribution in [0.3, 0.4) is 0 Å². The monoisotopic (exact) mass is 620 g/mol. The fourth-order valence-electron chi connectivity index (χ4n) is 7.84. The molecular weight excluding hydrogens is 589 g/mol. The largest absolute Gasteiger partial charge is 0.457 e. The van der Waals surface area contributed by atoms with Crippen molar-refractivity contribution in [1.29, 1.82) is 0 Å². The number of aryl methyl sites for hydroxylation is 1. The standard InChI is InChI=1S/C43H32N4O/c1-25-10-5-6-11-28(25)36-24-46-37-15-8-7-12-30(37)29-18-16-26(22-34(29)41(46)45-36)48-27-17-19-31-32-13-9-14-33-39-35(43(2,3)4)20-21-44-42(39)47(40(32)33)38(31)23-27/h5-24H,1-4H3. The van der Waals surface area contributed by atoms with Gasteiger partial charge in [0.1, 0.15) is 22.8 Å². The van der Waals surface area contributed by atoms with Crippen molar-refractivity contribution in [3.63, 3.8) is 0 Å². The first-order chi connectivity index (χ1) is 23.3. The molecule has 5 heterocycles. The van der Waals surface area contributed by atoms with E-state index in [1.54, 1.807) is 0 Å². The van der Waals surface area contributed by atoms with Crippen LogP contribution < -0.4 is 4.74 Å². The van der Waals surface area contributed by atoms with Crippen LogP contribution in [0.5, 0.6) is 11.5 Å². The number of ether oxygens (including phenoxy) is 1. The lowest BCUT2D eigenvalue weighted by atomic mass is 9.85. The Hall–Kier alpha value is -5.94. The average molecular weight is 621 g/mol. The predicted octanol–water partition coefficient (Wildman–Crippen LogP) is 11.3. The van der Waals surface area contributed by atoms with E-state index in [0.717, 1.165) is 55.9 Å². The molecule has 0 saturated heterocycles. The minimum Gasteiger partial charge on any atom is -0.457 e. The van der Waals surface area contributed by atoms with Crippen LogP contribution in [-0.4, -0.2) is 18.8 Å². The maximum absolute atomic E-state index is 6.67. The molecule has 5 aromatic carbocycles. The second-order valence-corrected chi connectivity index (χ2v) is 14.0. The molecule has 0 aliphatic carbocycles. The molecule has 5 nitrogen and oxygen atoms in total. The predicted molar refractivity (Wildman–Crippen MR) is 198 cm³/mol. The zero-order chi connectivity index (χ0) is 32.3. The van der Waals surface area contributed by atoms with Gasteiger partial charge >= 0.3 is 0 Å². The summed E-state index contributed by atoms with van der Waals surface area (Å²) >= 11 is 0. The molecule has 0 aliphatic heterocycles. The summed E-state index contributed by atoms with van der Waals surface area (Å²) < 4.78 is 11.2. The summed E-state index contributed by atoms with van der Waals surface area (Å²) in [7, 11) is 0. The van der Waals surface area contributed by atoms with Crippen molar-refractivity contribution in [2.24, 2.45) is 0 Å². The van der Waals surface area contributed by atoms with Gasteiger partial charge in [0.2, 0.25) is 0 Å². The number of imidazole rings is 1. The van der Waals surface area contributed by atoms with Crippen LogP contribution in [-0.2, 0) is 5.41 Å². The smallest absolute Gasteiger partial charge is 0.146 e. The first-order valence-electron chi connectivity index (χ1n) is 16.5. The molecule has 0 unspecified atom stereocenters. The number of fused-ring (bicyclic) bond motifs is 12. The number of para-hydroxylation sites is 2. The Morgan fingerprint density at radius 2 is 1.35 bits per heavy atom. The van der Waals surface area contributed by atoms with Crippen LogP contribution in [0.4, 0.5) is 0 Å². The number of nitrogens with zero attached hydrogens (tertiary/aromatic N) is 4. The Morgan fingerprint density at radius 3 is 2.21 bits per heavy atom. The molecule has 48 heavy (non-hydrogen) atoms. The van der Waals surface area contributed by atoms with Gasteiger partial charge in [-0.15, -0.1) is 0 Å². The molecule has 0 spiro atoms. The highest BCUT2D eigenvalue weighted by molar-refractivity contribution is 6.23. The van der Waals surface area contributed by atoms with E-state index in [-0.39, 0.29) is 5.41 Å². The third-order valence-corrected chi connectivity index (χ3v) is 10.0.